The molecule has 3 aromatic rings. The molecule has 7 nitrogen and oxygen atoms in total. The first-order chi connectivity index (χ1) is 12.4. The minimum Gasteiger partial charge on any atom is -0.265 e. The fourth-order valence-electron chi connectivity index (χ4n) is 2.27. The Labute approximate surface area is 157 Å². The average molecular weight is 393 g/mol. The number of rotatable bonds is 4. The molecule has 0 saturated heterocycles. The largest absolute Gasteiger partial charge is 0.296 e. The molecule has 0 radical (unpaired) electrons. The molecule has 0 spiro atoms. The fourth-order valence-corrected chi connectivity index (χ4v) is 2.73. The molecule has 1 N–H and O–H groups in total. The van der Waals surface area contributed by atoms with Crippen LogP contribution in [0, 0.1) is 24.4 Å². The number of nitrogens with one attached hydrogen (secondary N) is 1. The Morgan fingerprint density at radius 3 is 2.69 bits per heavy atom. The van der Waals surface area contributed by atoms with E-state index >= 15 is 0 Å². The lowest BCUT2D eigenvalue weighted by molar-refractivity contribution is 0.624. The van der Waals surface area contributed by atoms with Crippen LogP contribution >= 0.6 is 23.8 Å². The van der Waals surface area contributed by atoms with Gasteiger partial charge in [-0.1, -0.05) is 23.7 Å². The summed E-state index contributed by atoms with van der Waals surface area (Å²) in [6.45, 7) is 3.70. The quantitative estimate of drug-likeness (QED) is 0.547. The van der Waals surface area contributed by atoms with E-state index in [0.717, 1.165) is 10.2 Å². The molecule has 0 saturated carbocycles. The normalized spacial score (nSPS) is 11.4. The summed E-state index contributed by atoms with van der Waals surface area (Å²) >= 11 is 11.4. The second-order valence-corrected chi connectivity index (χ2v) is 6.29. The van der Waals surface area contributed by atoms with Crippen LogP contribution in [-0.4, -0.2) is 30.9 Å². The van der Waals surface area contributed by atoms with Crippen LogP contribution in [-0.2, 0) is 6.54 Å². The zero-order valence-electron chi connectivity index (χ0n) is 13.9. The highest BCUT2D eigenvalue weighted by atomic mass is 35.5. The van der Waals surface area contributed by atoms with Crippen molar-refractivity contribution in [3.8, 4) is 0 Å². The molecule has 134 valence electrons. The highest BCUT2D eigenvalue weighted by molar-refractivity contribution is 7.71. The van der Waals surface area contributed by atoms with E-state index < -0.39 is 5.56 Å². The smallest absolute Gasteiger partial charge is 0.265 e. The number of aromatic nitrogens is 5. The molecule has 1 aromatic carbocycles. The number of nitrogens with zero attached hydrogens (tertiary/aromatic N) is 5. The van der Waals surface area contributed by atoms with Crippen LogP contribution in [0.2, 0.25) is 5.15 Å². The Bertz CT molecular complexity index is 1100. The Kier molecular flexibility index (Phi) is 5.10. The lowest BCUT2D eigenvalue weighted by Crippen LogP contribution is -2.22. The van der Waals surface area contributed by atoms with E-state index in [1.807, 2.05) is 0 Å². The molecule has 0 unspecified atom stereocenters. The summed E-state index contributed by atoms with van der Waals surface area (Å²) in [6, 6.07) is 6.08. The second-order valence-electron chi connectivity index (χ2n) is 5.55. The van der Waals surface area contributed by atoms with Crippen molar-refractivity contribution in [2.45, 2.75) is 20.4 Å². The maximum atomic E-state index is 13.0. The van der Waals surface area contributed by atoms with Gasteiger partial charge in [-0.3, -0.25) is 9.89 Å². The van der Waals surface area contributed by atoms with E-state index in [4.69, 9.17) is 23.8 Å². The molecule has 10 heteroatoms. The van der Waals surface area contributed by atoms with Gasteiger partial charge >= 0.3 is 0 Å². The van der Waals surface area contributed by atoms with Crippen molar-refractivity contribution in [2.24, 2.45) is 5.10 Å². The summed E-state index contributed by atoms with van der Waals surface area (Å²) in [5, 5.41) is 15.2. The molecular weight excluding hydrogens is 379 g/mol. The standard InChI is InChI=1S/C16H14ClFN6OS/c1-9-13(7-19-24-15(25)10(2)20-21-16(24)26)14(17)23(22-9)8-11-3-5-12(18)6-4-11/h3-7H,8H2,1-2H3,(H,21,26)/b19-7-. The van der Waals surface area contributed by atoms with Gasteiger partial charge in [0.1, 0.15) is 16.7 Å². The van der Waals surface area contributed by atoms with Crippen molar-refractivity contribution in [1.82, 2.24) is 24.7 Å². The maximum absolute atomic E-state index is 13.0. The van der Waals surface area contributed by atoms with Crippen LogP contribution in [0.15, 0.2) is 34.2 Å². The van der Waals surface area contributed by atoms with Gasteiger partial charge in [-0.25, -0.2) is 9.07 Å². The number of benzene rings is 1. The average Bonchev–Trinajstić information content (AvgIpc) is 2.87. The Hall–Kier alpha value is -2.65. The van der Waals surface area contributed by atoms with Crippen molar-refractivity contribution in [2.75, 3.05) is 0 Å². The fraction of sp³-hybridized carbons (Fsp3) is 0.188. The van der Waals surface area contributed by atoms with Gasteiger partial charge < -0.3 is 0 Å². The van der Waals surface area contributed by atoms with Gasteiger partial charge in [0.15, 0.2) is 0 Å². The number of halogens is 2. The first-order valence-corrected chi connectivity index (χ1v) is 8.35. The van der Waals surface area contributed by atoms with Crippen LogP contribution in [0.25, 0.3) is 0 Å². The lowest BCUT2D eigenvalue weighted by Gasteiger charge is -2.03. The minimum atomic E-state index is -0.419. The zero-order valence-corrected chi connectivity index (χ0v) is 15.5. The lowest BCUT2D eigenvalue weighted by atomic mass is 10.2. The number of hydrogen-bond acceptors (Lipinski definition) is 5. The molecule has 0 fully saturated rings. The van der Waals surface area contributed by atoms with Gasteiger partial charge in [-0.2, -0.15) is 20.0 Å². The Balaban J connectivity index is 1.94. The molecule has 2 heterocycles. The predicted octanol–water partition coefficient (Wildman–Crippen LogP) is 2.84. The third kappa shape index (κ3) is 3.63. The van der Waals surface area contributed by atoms with E-state index in [0.29, 0.717) is 23.0 Å². The van der Waals surface area contributed by atoms with Gasteiger partial charge in [-0.05, 0) is 43.8 Å². The molecular formula is C16H14ClFN6OS. The van der Waals surface area contributed by atoms with Gasteiger partial charge in [0, 0.05) is 0 Å². The number of hydrogen-bond donors (Lipinski definition) is 1. The molecule has 2 aromatic heterocycles. The van der Waals surface area contributed by atoms with Crippen molar-refractivity contribution in [1.29, 1.82) is 0 Å². The molecule has 0 aliphatic heterocycles. The zero-order chi connectivity index (χ0) is 18.8. The van der Waals surface area contributed by atoms with Crippen molar-refractivity contribution in [3.63, 3.8) is 0 Å². The summed E-state index contributed by atoms with van der Waals surface area (Å²) < 4.78 is 15.7. The van der Waals surface area contributed by atoms with Gasteiger partial charge in [0.25, 0.3) is 5.56 Å². The van der Waals surface area contributed by atoms with Gasteiger partial charge in [0.05, 0.1) is 24.0 Å². The summed E-state index contributed by atoms with van der Waals surface area (Å²) in [5.74, 6) is -0.307. The van der Waals surface area contributed by atoms with Crippen LogP contribution in [0.4, 0.5) is 4.39 Å². The summed E-state index contributed by atoms with van der Waals surface area (Å²) in [4.78, 5) is 12.1. The summed E-state index contributed by atoms with van der Waals surface area (Å²) in [6.07, 6.45) is 1.43. The highest BCUT2D eigenvalue weighted by Gasteiger charge is 2.12. The SMILES string of the molecule is Cc1nn(Cc2ccc(F)cc2)c(Cl)c1/C=N\n1c(=S)[nH]nc(C)c1=O. The molecule has 26 heavy (non-hydrogen) atoms. The number of aromatic amines is 1. The molecule has 0 aliphatic carbocycles. The third-order valence-corrected chi connectivity index (χ3v) is 4.33. The minimum absolute atomic E-state index is 0.0735. The Morgan fingerprint density at radius 2 is 2.00 bits per heavy atom. The Morgan fingerprint density at radius 1 is 1.31 bits per heavy atom. The first-order valence-electron chi connectivity index (χ1n) is 7.57. The van der Waals surface area contributed by atoms with Crippen LogP contribution < -0.4 is 5.56 Å². The molecule has 0 atom stereocenters. The van der Waals surface area contributed by atoms with Crippen molar-refractivity contribution >= 4 is 30.0 Å². The summed E-state index contributed by atoms with van der Waals surface area (Å²) in [7, 11) is 0. The van der Waals surface area contributed by atoms with Crippen molar-refractivity contribution in [3.05, 3.63) is 72.9 Å². The van der Waals surface area contributed by atoms with E-state index in [1.165, 1.54) is 18.3 Å². The third-order valence-electron chi connectivity index (χ3n) is 3.67. The number of H-pyrrole nitrogens is 1. The number of aryl methyl sites for hydroxylation is 2. The topological polar surface area (TPSA) is 80.9 Å². The monoisotopic (exact) mass is 392 g/mol. The van der Waals surface area contributed by atoms with E-state index in [9.17, 15) is 9.18 Å². The molecule has 0 bridgehead atoms. The van der Waals surface area contributed by atoms with Gasteiger partial charge in [-0.15, -0.1) is 0 Å². The van der Waals surface area contributed by atoms with Crippen molar-refractivity contribution < 1.29 is 4.39 Å². The molecule has 0 aliphatic rings. The van der Waals surface area contributed by atoms with Crippen LogP contribution in [0.5, 0.6) is 0 Å². The van der Waals surface area contributed by atoms with Gasteiger partial charge in [0.2, 0.25) is 4.77 Å². The van der Waals surface area contributed by atoms with E-state index in [1.54, 1.807) is 30.7 Å². The first kappa shape index (κ1) is 18.2. The van der Waals surface area contributed by atoms with E-state index in [-0.39, 0.29) is 16.3 Å². The van der Waals surface area contributed by atoms with E-state index in [2.05, 4.69) is 20.4 Å². The molecule has 0 amide bonds. The van der Waals surface area contributed by atoms with Crippen LogP contribution in [0.1, 0.15) is 22.5 Å². The predicted molar refractivity (Wildman–Crippen MR) is 98.9 cm³/mol. The highest BCUT2D eigenvalue weighted by Crippen LogP contribution is 2.19. The maximum Gasteiger partial charge on any atom is 0.296 e. The second kappa shape index (κ2) is 7.30. The van der Waals surface area contributed by atoms with Crippen LogP contribution in [0.3, 0.4) is 0 Å². The molecule has 3 rings (SSSR count). The summed E-state index contributed by atoms with van der Waals surface area (Å²) in [5.41, 5.74) is 1.87.